The monoisotopic (exact) mass is 310 g/mol. The van der Waals surface area contributed by atoms with Crippen molar-refractivity contribution in [2.75, 3.05) is 0 Å². The highest BCUT2D eigenvalue weighted by atomic mass is 35.5. The lowest BCUT2D eigenvalue weighted by molar-refractivity contribution is 0.553. The van der Waals surface area contributed by atoms with Crippen molar-refractivity contribution in [1.29, 1.82) is 0 Å². The third-order valence-corrected chi connectivity index (χ3v) is 4.05. The molecule has 0 bridgehead atoms. The molecular formula is C17H24ClFN2. The van der Waals surface area contributed by atoms with E-state index in [0.29, 0.717) is 5.52 Å². The van der Waals surface area contributed by atoms with Gasteiger partial charge in [0.05, 0.1) is 10.9 Å². The Balaban J connectivity index is 2.10. The van der Waals surface area contributed by atoms with Crippen LogP contribution in [0.15, 0.2) is 18.2 Å². The van der Waals surface area contributed by atoms with Crippen LogP contribution >= 0.6 is 11.6 Å². The van der Waals surface area contributed by atoms with E-state index in [9.17, 15) is 4.39 Å². The first kappa shape index (κ1) is 16.3. The van der Waals surface area contributed by atoms with Crippen molar-refractivity contribution in [3.63, 3.8) is 0 Å². The van der Waals surface area contributed by atoms with Crippen molar-refractivity contribution in [2.45, 2.75) is 64.3 Å². The first-order chi connectivity index (χ1) is 10.1. The van der Waals surface area contributed by atoms with Crippen LogP contribution in [0.3, 0.4) is 0 Å². The fourth-order valence-corrected chi connectivity index (χ4v) is 2.89. The lowest BCUT2D eigenvalue weighted by atomic mass is 10.1. The second-order valence-electron chi connectivity index (χ2n) is 5.61. The molecule has 116 valence electrons. The largest absolute Gasteiger partial charge is 0.327 e. The Morgan fingerprint density at radius 3 is 2.62 bits per heavy atom. The molecular weight excluding hydrogens is 287 g/mol. The Kier molecular flexibility index (Phi) is 6.04. The average molecular weight is 311 g/mol. The number of alkyl halides is 1. The van der Waals surface area contributed by atoms with Gasteiger partial charge in [-0.25, -0.2) is 9.37 Å². The maximum absolute atomic E-state index is 13.9. The number of para-hydroxylation sites is 1. The number of imidazole rings is 1. The Labute approximate surface area is 131 Å². The van der Waals surface area contributed by atoms with Gasteiger partial charge in [-0.1, -0.05) is 45.1 Å². The van der Waals surface area contributed by atoms with Gasteiger partial charge in [-0.05, 0) is 25.5 Å². The van der Waals surface area contributed by atoms with Crippen LogP contribution in [-0.4, -0.2) is 9.55 Å². The number of aryl methyl sites for hydroxylation is 1. The second-order valence-corrected chi connectivity index (χ2v) is 6.27. The summed E-state index contributed by atoms with van der Waals surface area (Å²) in [7, 11) is 0. The molecule has 0 saturated carbocycles. The van der Waals surface area contributed by atoms with Crippen molar-refractivity contribution in [2.24, 2.45) is 0 Å². The molecule has 0 saturated heterocycles. The molecule has 21 heavy (non-hydrogen) atoms. The highest BCUT2D eigenvalue weighted by Crippen LogP contribution is 2.26. The van der Waals surface area contributed by atoms with Crippen LogP contribution in [0.25, 0.3) is 11.0 Å². The number of benzene rings is 1. The molecule has 2 aromatic rings. The third-order valence-electron chi connectivity index (χ3n) is 3.85. The Hall–Kier alpha value is -1.09. The predicted octanol–water partition coefficient (Wildman–Crippen LogP) is 5.84. The van der Waals surface area contributed by atoms with E-state index >= 15 is 0 Å². The summed E-state index contributed by atoms with van der Waals surface area (Å²) < 4.78 is 15.9. The zero-order valence-corrected chi connectivity index (χ0v) is 13.7. The van der Waals surface area contributed by atoms with Gasteiger partial charge in [0.2, 0.25) is 0 Å². The van der Waals surface area contributed by atoms with E-state index < -0.39 is 0 Å². The smallest absolute Gasteiger partial charge is 0.151 e. The summed E-state index contributed by atoms with van der Waals surface area (Å²) in [6.45, 7) is 4.97. The summed E-state index contributed by atoms with van der Waals surface area (Å²) in [6.07, 6.45) is 7.42. The van der Waals surface area contributed by atoms with Crippen molar-refractivity contribution in [3.05, 3.63) is 29.8 Å². The van der Waals surface area contributed by atoms with E-state index in [1.165, 1.54) is 38.2 Å². The second kappa shape index (κ2) is 7.79. The number of unbranched alkanes of at least 4 members (excludes halogenated alkanes) is 5. The van der Waals surface area contributed by atoms with Crippen molar-refractivity contribution in [1.82, 2.24) is 9.55 Å². The Morgan fingerprint density at radius 2 is 1.90 bits per heavy atom. The van der Waals surface area contributed by atoms with E-state index in [2.05, 4.69) is 16.5 Å². The number of nitrogens with zero attached hydrogens (tertiary/aromatic N) is 2. The minimum Gasteiger partial charge on any atom is -0.327 e. The highest BCUT2D eigenvalue weighted by Gasteiger charge is 2.16. The van der Waals surface area contributed by atoms with Gasteiger partial charge in [0.25, 0.3) is 0 Å². The van der Waals surface area contributed by atoms with Crippen molar-refractivity contribution >= 4 is 22.6 Å². The van der Waals surface area contributed by atoms with Gasteiger partial charge in [0.1, 0.15) is 11.3 Å². The highest BCUT2D eigenvalue weighted by molar-refractivity contribution is 6.20. The summed E-state index contributed by atoms with van der Waals surface area (Å²) in [5.41, 5.74) is 1.29. The molecule has 1 atom stereocenters. The number of aromatic nitrogens is 2. The van der Waals surface area contributed by atoms with E-state index in [0.717, 1.165) is 24.3 Å². The van der Waals surface area contributed by atoms with Gasteiger partial charge >= 0.3 is 0 Å². The van der Waals surface area contributed by atoms with Gasteiger partial charge < -0.3 is 4.57 Å². The van der Waals surface area contributed by atoms with E-state index in [-0.39, 0.29) is 11.2 Å². The molecule has 0 fully saturated rings. The first-order valence-electron chi connectivity index (χ1n) is 7.94. The lowest BCUT2D eigenvalue weighted by Crippen LogP contribution is -2.04. The molecule has 0 radical (unpaired) electrons. The molecule has 2 rings (SSSR count). The summed E-state index contributed by atoms with van der Waals surface area (Å²) in [5.74, 6) is 0.498. The van der Waals surface area contributed by atoms with Gasteiger partial charge in [-0.2, -0.15) is 0 Å². The van der Waals surface area contributed by atoms with Crippen LogP contribution in [0, 0.1) is 5.82 Å². The Morgan fingerprint density at radius 1 is 1.19 bits per heavy atom. The fraction of sp³-hybridized carbons (Fsp3) is 0.588. The van der Waals surface area contributed by atoms with Gasteiger partial charge in [-0.3, -0.25) is 0 Å². The summed E-state index contributed by atoms with van der Waals surface area (Å²) in [5, 5.41) is -0.211. The standard InChI is InChI=1S/C17H24ClFN2/c1-3-4-5-6-7-8-12-21-15-11-9-10-14(19)16(15)20-17(21)13(2)18/h9-11,13H,3-8,12H2,1-2H3. The quantitative estimate of drug-likeness (QED) is 0.442. The van der Waals surface area contributed by atoms with E-state index in [4.69, 9.17) is 11.6 Å². The number of fused-ring (bicyclic) bond motifs is 1. The minimum absolute atomic E-state index is 0.211. The topological polar surface area (TPSA) is 17.8 Å². The van der Waals surface area contributed by atoms with Crippen LogP contribution in [0.2, 0.25) is 0 Å². The predicted molar refractivity (Wildman–Crippen MR) is 87.3 cm³/mol. The normalized spacial score (nSPS) is 13.0. The number of rotatable bonds is 8. The number of halogens is 2. The fourth-order valence-electron chi connectivity index (χ4n) is 2.72. The maximum Gasteiger partial charge on any atom is 0.151 e. The summed E-state index contributed by atoms with van der Waals surface area (Å²) in [6, 6.07) is 5.11. The summed E-state index contributed by atoms with van der Waals surface area (Å²) in [4.78, 5) is 4.40. The molecule has 2 nitrogen and oxygen atoms in total. The van der Waals surface area contributed by atoms with Crippen LogP contribution in [0.5, 0.6) is 0 Å². The van der Waals surface area contributed by atoms with Crippen LogP contribution in [-0.2, 0) is 6.54 Å². The molecule has 0 aliphatic carbocycles. The first-order valence-corrected chi connectivity index (χ1v) is 8.37. The van der Waals surface area contributed by atoms with E-state index in [1.807, 2.05) is 13.0 Å². The van der Waals surface area contributed by atoms with Crippen molar-refractivity contribution in [3.8, 4) is 0 Å². The maximum atomic E-state index is 13.9. The van der Waals surface area contributed by atoms with Gasteiger partial charge in [0, 0.05) is 6.54 Å². The van der Waals surface area contributed by atoms with Crippen LogP contribution in [0.1, 0.15) is 63.6 Å². The zero-order valence-electron chi connectivity index (χ0n) is 12.9. The van der Waals surface area contributed by atoms with Crippen LogP contribution < -0.4 is 0 Å². The van der Waals surface area contributed by atoms with Gasteiger partial charge in [0.15, 0.2) is 5.82 Å². The number of hydrogen-bond donors (Lipinski definition) is 0. The molecule has 0 amide bonds. The third kappa shape index (κ3) is 3.97. The summed E-state index contributed by atoms with van der Waals surface area (Å²) >= 11 is 6.21. The van der Waals surface area contributed by atoms with E-state index in [1.54, 1.807) is 6.07 Å². The van der Waals surface area contributed by atoms with Gasteiger partial charge in [-0.15, -0.1) is 11.6 Å². The molecule has 1 unspecified atom stereocenters. The molecule has 1 aromatic carbocycles. The SMILES string of the molecule is CCCCCCCCn1c(C(C)Cl)nc2c(F)cccc21. The average Bonchev–Trinajstić information content (AvgIpc) is 2.83. The molecule has 0 aliphatic rings. The lowest BCUT2D eigenvalue weighted by Gasteiger charge is -2.10. The molecule has 1 aromatic heterocycles. The molecule has 1 heterocycles. The minimum atomic E-state index is -0.271. The Bertz CT molecular complexity index is 577. The molecule has 0 spiro atoms. The van der Waals surface area contributed by atoms with Crippen LogP contribution in [0.4, 0.5) is 4.39 Å². The number of hydrogen-bond acceptors (Lipinski definition) is 1. The molecule has 4 heteroatoms. The van der Waals surface area contributed by atoms with Crippen molar-refractivity contribution < 1.29 is 4.39 Å². The zero-order chi connectivity index (χ0) is 15.2. The molecule has 0 N–H and O–H groups in total. The molecule has 0 aliphatic heterocycles.